The Morgan fingerprint density at radius 3 is 2.43 bits per heavy atom. The van der Waals surface area contributed by atoms with Crippen molar-refractivity contribution in [1.29, 1.82) is 0 Å². The summed E-state index contributed by atoms with van der Waals surface area (Å²) in [6, 6.07) is 0. The molecule has 8 atom stereocenters. The quantitative estimate of drug-likeness (QED) is 0.212. The molecule has 4 rings (SSSR count). The zero-order valence-corrected chi connectivity index (χ0v) is 25.7. The standard InChI is InChI=1S/C33H60OS/c1-24(2)11-9-12-25(3)29-15-16-30-28-14-13-26-23-27(34-21-10-22-35(6,7)8)17-19-32(26,4)31(28)18-20-33(29,30)5/h13,24-25,27-31H,9-12,14-23H2,1-8H3/t25?,27?,28?,29?,30?,31?,32-,33+/m0/s1. The van der Waals surface area contributed by atoms with Gasteiger partial charge in [-0.25, -0.2) is 10.0 Å². The van der Waals surface area contributed by atoms with Crippen molar-refractivity contribution in [3.63, 3.8) is 0 Å². The number of hydrogen-bond donors (Lipinski definition) is 0. The first-order chi connectivity index (χ1) is 16.4. The molecule has 6 unspecified atom stereocenters. The van der Waals surface area contributed by atoms with Gasteiger partial charge >= 0.3 is 0 Å². The van der Waals surface area contributed by atoms with Crippen molar-refractivity contribution in [1.82, 2.24) is 0 Å². The van der Waals surface area contributed by atoms with Gasteiger partial charge in [0.1, 0.15) is 0 Å². The summed E-state index contributed by atoms with van der Waals surface area (Å²) in [5.41, 5.74) is 2.85. The number of rotatable bonds is 10. The highest BCUT2D eigenvalue weighted by molar-refractivity contribution is 8.32. The van der Waals surface area contributed by atoms with Gasteiger partial charge in [0.2, 0.25) is 0 Å². The van der Waals surface area contributed by atoms with Crippen molar-refractivity contribution in [3.8, 4) is 0 Å². The first-order valence-electron chi connectivity index (χ1n) is 15.4. The van der Waals surface area contributed by atoms with Crippen LogP contribution in [0.4, 0.5) is 0 Å². The molecule has 2 heteroatoms. The van der Waals surface area contributed by atoms with E-state index in [-0.39, 0.29) is 0 Å². The van der Waals surface area contributed by atoms with Crippen LogP contribution in [0.25, 0.3) is 0 Å². The molecule has 0 aromatic rings. The molecule has 0 N–H and O–H groups in total. The minimum atomic E-state index is -0.391. The van der Waals surface area contributed by atoms with Gasteiger partial charge in [0, 0.05) is 6.61 Å². The maximum atomic E-state index is 6.45. The number of hydrogen-bond acceptors (Lipinski definition) is 1. The fourth-order valence-electron chi connectivity index (χ4n) is 9.54. The van der Waals surface area contributed by atoms with Crippen molar-refractivity contribution in [2.24, 2.45) is 46.3 Å². The van der Waals surface area contributed by atoms with Crippen LogP contribution in [0, 0.1) is 46.3 Å². The number of ether oxygens (including phenoxy) is 1. The summed E-state index contributed by atoms with van der Waals surface area (Å²) in [5, 5.41) is 0. The Morgan fingerprint density at radius 1 is 0.943 bits per heavy atom. The van der Waals surface area contributed by atoms with Gasteiger partial charge in [-0.2, -0.15) is 0 Å². The first-order valence-corrected chi connectivity index (χ1v) is 18.4. The Bertz CT molecular complexity index is 734. The van der Waals surface area contributed by atoms with Crippen LogP contribution in [0.1, 0.15) is 112 Å². The fraction of sp³-hybridized carbons (Fsp3) is 0.939. The molecule has 1 nitrogen and oxygen atoms in total. The van der Waals surface area contributed by atoms with Gasteiger partial charge in [-0.3, -0.25) is 0 Å². The summed E-state index contributed by atoms with van der Waals surface area (Å²) in [7, 11) is -0.391. The molecule has 0 aromatic heterocycles. The summed E-state index contributed by atoms with van der Waals surface area (Å²) >= 11 is 0. The van der Waals surface area contributed by atoms with Crippen LogP contribution >= 0.6 is 10.0 Å². The molecular formula is C33H60OS. The predicted molar refractivity (Wildman–Crippen MR) is 158 cm³/mol. The smallest absolute Gasteiger partial charge is 0.0612 e. The zero-order chi connectivity index (χ0) is 25.4. The van der Waals surface area contributed by atoms with Crippen molar-refractivity contribution in [3.05, 3.63) is 11.6 Å². The van der Waals surface area contributed by atoms with Crippen LogP contribution in [-0.4, -0.2) is 37.2 Å². The molecule has 4 aliphatic rings. The van der Waals surface area contributed by atoms with E-state index in [1.807, 2.05) is 0 Å². The molecule has 0 radical (unpaired) electrons. The third-order valence-corrected chi connectivity index (χ3v) is 13.0. The second kappa shape index (κ2) is 11.0. The summed E-state index contributed by atoms with van der Waals surface area (Å²) < 4.78 is 6.45. The Balaban J connectivity index is 1.37. The van der Waals surface area contributed by atoms with Crippen molar-refractivity contribution in [2.75, 3.05) is 31.1 Å². The minimum absolute atomic E-state index is 0.391. The molecule has 0 amide bonds. The largest absolute Gasteiger partial charge is 0.378 e. The van der Waals surface area contributed by atoms with Crippen LogP contribution in [0.15, 0.2) is 11.6 Å². The predicted octanol–water partition coefficient (Wildman–Crippen LogP) is 9.50. The normalized spacial score (nSPS) is 40.6. The fourth-order valence-corrected chi connectivity index (χ4v) is 10.5. The summed E-state index contributed by atoms with van der Waals surface area (Å²) in [5.74, 6) is 6.95. The minimum Gasteiger partial charge on any atom is -0.378 e. The summed E-state index contributed by atoms with van der Waals surface area (Å²) in [6.07, 6.45) is 27.3. The van der Waals surface area contributed by atoms with Gasteiger partial charge in [-0.15, -0.1) is 0 Å². The van der Waals surface area contributed by atoms with Crippen molar-refractivity contribution < 1.29 is 4.74 Å². The van der Waals surface area contributed by atoms with E-state index < -0.39 is 10.0 Å². The molecule has 0 aliphatic heterocycles. The Labute approximate surface area is 221 Å². The SMILES string of the molecule is CC(C)CCCC(C)C1CCC2C3CC=C4CC(OCCCS(C)(C)C)CC[C@]4(C)C3CC[C@]12C. The lowest BCUT2D eigenvalue weighted by Gasteiger charge is -2.58. The lowest BCUT2D eigenvalue weighted by Crippen LogP contribution is -2.51. The van der Waals surface area contributed by atoms with E-state index in [0.29, 0.717) is 16.9 Å². The highest BCUT2D eigenvalue weighted by Gasteiger charge is 2.59. The van der Waals surface area contributed by atoms with E-state index in [1.165, 1.54) is 82.8 Å². The molecule has 0 heterocycles. The van der Waals surface area contributed by atoms with Gasteiger partial charge in [0.25, 0.3) is 0 Å². The van der Waals surface area contributed by atoms with Gasteiger partial charge in [-0.1, -0.05) is 65.5 Å². The average molecular weight is 505 g/mol. The van der Waals surface area contributed by atoms with Crippen LogP contribution in [0.3, 0.4) is 0 Å². The van der Waals surface area contributed by atoms with E-state index in [1.54, 1.807) is 5.57 Å². The molecule has 204 valence electrons. The highest BCUT2D eigenvalue weighted by atomic mass is 32.3. The first kappa shape index (κ1) is 28.1. The van der Waals surface area contributed by atoms with E-state index >= 15 is 0 Å². The van der Waals surface area contributed by atoms with Crippen LogP contribution in [-0.2, 0) is 4.74 Å². The molecule has 4 aliphatic carbocycles. The zero-order valence-electron chi connectivity index (χ0n) is 24.8. The number of fused-ring (bicyclic) bond motifs is 5. The lowest BCUT2D eigenvalue weighted by atomic mass is 9.47. The molecule has 35 heavy (non-hydrogen) atoms. The Kier molecular flexibility index (Phi) is 8.85. The van der Waals surface area contributed by atoms with Gasteiger partial charge in [0.05, 0.1) is 6.10 Å². The van der Waals surface area contributed by atoms with E-state index in [4.69, 9.17) is 4.74 Å². The molecule has 3 saturated carbocycles. The lowest BCUT2D eigenvalue weighted by molar-refractivity contribution is -0.0638. The Morgan fingerprint density at radius 2 is 1.71 bits per heavy atom. The summed E-state index contributed by atoms with van der Waals surface area (Å²) in [6.45, 7) is 13.8. The van der Waals surface area contributed by atoms with E-state index in [0.717, 1.165) is 42.1 Å². The maximum Gasteiger partial charge on any atom is 0.0612 e. The molecule has 0 bridgehead atoms. The molecule has 3 fully saturated rings. The Hall–Kier alpha value is 0.0500. The van der Waals surface area contributed by atoms with Gasteiger partial charge in [0.15, 0.2) is 0 Å². The van der Waals surface area contributed by atoms with Crippen LogP contribution in [0.2, 0.25) is 0 Å². The molecular weight excluding hydrogens is 444 g/mol. The van der Waals surface area contributed by atoms with Crippen LogP contribution in [0.5, 0.6) is 0 Å². The third-order valence-electron chi connectivity index (χ3n) is 11.5. The topological polar surface area (TPSA) is 9.23 Å². The second-order valence-electron chi connectivity index (χ2n) is 15.2. The number of allylic oxidation sites excluding steroid dienone is 1. The average Bonchev–Trinajstić information content (AvgIpc) is 3.13. The monoisotopic (exact) mass is 504 g/mol. The third kappa shape index (κ3) is 6.05. The van der Waals surface area contributed by atoms with E-state index in [2.05, 4.69) is 59.5 Å². The van der Waals surface area contributed by atoms with Crippen LogP contribution < -0.4 is 0 Å². The van der Waals surface area contributed by atoms with Crippen molar-refractivity contribution in [2.45, 2.75) is 118 Å². The van der Waals surface area contributed by atoms with Gasteiger partial charge < -0.3 is 4.74 Å². The van der Waals surface area contributed by atoms with E-state index in [9.17, 15) is 0 Å². The molecule has 0 spiro atoms. The molecule has 0 saturated heterocycles. The second-order valence-corrected chi connectivity index (χ2v) is 19.8. The summed E-state index contributed by atoms with van der Waals surface area (Å²) in [4.78, 5) is 0. The molecule has 0 aromatic carbocycles. The van der Waals surface area contributed by atoms with Crippen molar-refractivity contribution >= 4 is 10.0 Å². The maximum absolute atomic E-state index is 6.45. The van der Waals surface area contributed by atoms with Gasteiger partial charge in [-0.05, 0) is 129 Å². The highest BCUT2D eigenvalue weighted by Crippen LogP contribution is 2.67.